The van der Waals surface area contributed by atoms with Gasteiger partial charge in [0, 0.05) is 22.6 Å². The predicted octanol–water partition coefficient (Wildman–Crippen LogP) is 6.06. The van der Waals surface area contributed by atoms with Crippen molar-refractivity contribution in [3.05, 3.63) is 107 Å². The lowest BCUT2D eigenvalue weighted by Gasteiger charge is -2.27. The van der Waals surface area contributed by atoms with Crippen LogP contribution in [0.2, 0.25) is 0 Å². The molecule has 8 nitrogen and oxygen atoms in total. The van der Waals surface area contributed by atoms with Gasteiger partial charge in [0.1, 0.15) is 35.3 Å². The Morgan fingerprint density at radius 3 is 2.69 bits per heavy atom. The summed E-state index contributed by atoms with van der Waals surface area (Å²) < 4.78 is 28.4. The first-order chi connectivity index (χ1) is 18.8. The van der Waals surface area contributed by atoms with Crippen LogP contribution < -0.4 is 24.7 Å². The van der Waals surface area contributed by atoms with Crippen molar-refractivity contribution in [3.8, 4) is 29.1 Å². The molecule has 2 heterocycles. The fraction of sp³-hybridized carbons (Fsp3) is 0.161. The van der Waals surface area contributed by atoms with E-state index in [0.29, 0.717) is 40.6 Å². The molecular formula is C31H26N2O6. The summed E-state index contributed by atoms with van der Waals surface area (Å²) in [4.78, 5) is 13.0. The minimum atomic E-state index is -0.630. The van der Waals surface area contributed by atoms with Crippen molar-refractivity contribution < 1.29 is 28.2 Å². The summed E-state index contributed by atoms with van der Waals surface area (Å²) in [6.07, 6.45) is 1.64. The largest absolute Gasteiger partial charge is 0.493 e. The number of hydrogen-bond donors (Lipinski definition) is 1. The van der Waals surface area contributed by atoms with Gasteiger partial charge in [0.25, 0.3) is 0 Å². The van der Waals surface area contributed by atoms with Crippen LogP contribution in [-0.4, -0.2) is 19.7 Å². The Kier molecular flexibility index (Phi) is 6.73. The molecule has 5 rings (SSSR count). The van der Waals surface area contributed by atoms with Crippen LogP contribution in [0.1, 0.15) is 38.7 Å². The molecule has 39 heavy (non-hydrogen) atoms. The van der Waals surface area contributed by atoms with E-state index in [2.05, 4.69) is 12.6 Å². The summed E-state index contributed by atoms with van der Waals surface area (Å²) in [5.74, 6) is 0.582. The van der Waals surface area contributed by atoms with Crippen LogP contribution in [0.25, 0.3) is 11.0 Å². The van der Waals surface area contributed by atoms with Crippen LogP contribution in [-0.2, 0) is 0 Å². The Morgan fingerprint density at radius 1 is 1.13 bits per heavy atom. The minimum absolute atomic E-state index is 0.0343. The van der Waals surface area contributed by atoms with Crippen molar-refractivity contribution in [2.24, 2.45) is 5.73 Å². The van der Waals surface area contributed by atoms with E-state index < -0.39 is 11.9 Å². The molecule has 1 aromatic heterocycles. The maximum atomic E-state index is 13.0. The number of nitrogens with two attached hydrogens (primary N) is 1. The van der Waals surface area contributed by atoms with Gasteiger partial charge in [0.2, 0.25) is 11.6 Å². The van der Waals surface area contributed by atoms with Gasteiger partial charge in [-0.25, -0.2) is 4.79 Å². The van der Waals surface area contributed by atoms with Crippen LogP contribution in [0, 0.1) is 25.2 Å². The van der Waals surface area contributed by atoms with Gasteiger partial charge in [-0.05, 0) is 49.7 Å². The van der Waals surface area contributed by atoms with Crippen molar-refractivity contribution >= 4 is 16.9 Å². The lowest BCUT2D eigenvalue weighted by Crippen LogP contribution is -2.21. The van der Waals surface area contributed by atoms with Crippen LogP contribution in [0.5, 0.6) is 23.0 Å². The molecule has 1 unspecified atom stereocenters. The third kappa shape index (κ3) is 4.66. The molecule has 0 saturated heterocycles. The second kappa shape index (κ2) is 10.3. The van der Waals surface area contributed by atoms with Gasteiger partial charge >= 0.3 is 5.97 Å². The van der Waals surface area contributed by atoms with E-state index in [1.165, 1.54) is 0 Å². The summed E-state index contributed by atoms with van der Waals surface area (Å²) in [7, 11) is 1.54. The topological polar surface area (TPSA) is 117 Å². The number of benzene rings is 3. The van der Waals surface area contributed by atoms with Gasteiger partial charge in [-0.3, -0.25) is 0 Å². The number of rotatable bonds is 7. The lowest BCUT2D eigenvalue weighted by atomic mass is 9.83. The zero-order valence-corrected chi connectivity index (χ0v) is 21.7. The van der Waals surface area contributed by atoms with E-state index in [9.17, 15) is 10.1 Å². The Labute approximate surface area is 225 Å². The SMILES string of the molecule is C=CCOc1ccc(C2C(C#N)=C(N)Oc3cc(OC(=O)c4oc5ccc(C)cc5c4C)ccc32)cc1OC. The molecule has 0 bridgehead atoms. The minimum Gasteiger partial charge on any atom is -0.493 e. The van der Waals surface area contributed by atoms with Gasteiger partial charge in [0.05, 0.1) is 13.0 Å². The smallest absolute Gasteiger partial charge is 0.379 e. The second-order valence-electron chi connectivity index (χ2n) is 9.08. The molecule has 1 aliphatic rings. The highest BCUT2D eigenvalue weighted by Crippen LogP contribution is 2.45. The van der Waals surface area contributed by atoms with E-state index in [-0.39, 0.29) is 23.0 Å². The molecule has 3 aromatic carbocycles. The number of aryl methyl sites for hydroxylation is 2. The van der Waals surface area contributed by atoms with Crippen LogP contribution in [0.4, 0.5) is 0 Å². The van der Waals surface area contributed by atoms with Crippen LogP contribution >= 0.6 is 0 Å². The molecule has 8 heteroatoms. The Hall–Kier alpha value is -5.16. The number of fused-ring (bicyclic) bond motifs is 2. The molecule has 2 N–H and O–H groups in total. The van der Waals surface area contributed by atoms with E-state index >= 15 is 0 Å². The van der Waals surface area contributed by atoms with Gasteiger partial charge in [-0.1, -0.05) is 36.4 Å². The average Bonchev–Trinajstić information content (AvgIpc) is 3.26. The lowest BCUT2D eigenvalue weighted by molar-refractivity contribution is 0.0702. The third-order valence-electron chi connectivity index (χ3n) is 6.56. The number of esters is 1. The maximum absolute atomic E-state index is 13.0. The number of allylic oxidation sites excluding steroid dienone is 1. The molecule has 1 atom stereocenters. The molecule has 196 valence electrons. The number of hydrogen-bond acceptors (Lipinski definition) is 8. The summed E-state index contributed by atoms with van der Waals surface area (Å²) in [5.41, 5.74) is 10.2. The van der Waals surface area contributed by atoms with Gasteiger partial charge < -0.3 is 29.1 Å². The first-order valence-electron chi connectivity index (χ1n) is 12.2. The molecule has 0 amide bonds. The highest BCUT2D eigenvalue weighted by atomic mass is 16.5. The second-order valence-corrected chi connectivity index (χ2v) is 9.08. The van der Waals surface area contributed by atoms with Crippen molar-refractivity contribution in [2.75, 3.05) is 13.7 Å². The number of carbonyl (C=O) groups is 1. The molecule has 0 spiro atoms. The molecule has 0 saturated carbocycles. The summed E-state index contributed by atoms with van der Waals surface area (Å²) in [5, 5.41) is 10.8. The van der Waals surface area contributed by atoms with E-state index in [0.717, 1.165) is 16.5 Å². The maximum Gasteiger partial charge on any atom is 0.379 e. The monoisotopic (exact) mass is 522 g/mol. The first-order valence-corrected chi connectivity index (χ1v) is 12.2. The Bertz CT molecular complexity index is 1690. The van der Waals surface area contributed by atoms with Gasteiger partial charge in [-0.15, -0.1) is 0 Å². The quantitative estimate of drug-likeness (QED) is 0.177. The standard InChI is InChI=1S/C31H26N2O6/c1-5-12-36-25-11-7-19(14-27(25)35-4)28-21-9-8-20(15-26(21)39-30(33)23(28)16-32)37-31(34)29-18(3)22-13-17(2)6-10-24(22)38-29/h5-11,13-15,28H,1,12,33H2,2-4H3. The zero-order valence-electron chi connectivity index (χ0n) is 21.7. The summed E-state index contributed by atoms with van der Waals surface area (Å²) in [6.45, 7) is 7.78. The van der Waals surface area contributed by atoms with E-state index in [4.69, 9.17) is 29.1 Å². The zero-order chi connectivity index (χ0) is 27.7. The predicted molar refractivity (Wildman–Crippen MR) is 145 cm³/mol. The molecule has 0 aliphatic carbocycles. The van der Waals surface area contributed by atoms with Crippen molar-refractivity contribution in [3.63, 3.8) is 0 Å². The van der Waals surface area contributed by atoms with Gasteiger partial charge in [0.15, 0.2) is 11.5 Å². The van der Waals surface area contributed by atoms with E-state index in [1.54, 1.807) is 43.5 Å². The number of ether oxygens (including phenoxy) is 4. The summed E-state index contributed by atoms with van der Waals surface area (Å²) in [6, 6.07) is 18.2. The number of carbonyl (C=O) groups excluding carboxylic acids is 1. The molecular weight excluding hydrogens is 496 g/mol. The van der Waals surface area contributed by atoms with Crippen molar-refractivity contribution in [1.82, 2.24) is 0 Å². The Morgan fingerprint density at radius 2 is 1.95 bits per heavy atom. The molecule has 1 aliphatic heterocycles. The highest BCUT2D eigenvalue weighted by Gasteiger charge is 2.32. The fourth-order valence-corrected chi connectivity index (χ4v) is 4.66. The fourth-order valence-electron chi connectivity index (χ4n) is 4.66. The van der Waals surface area contributed by atoms with Crippen LogP contribution in [0.15, 0.2) is 83.1 Å². The van der Waals surface area contributed by atoms with Gasteiger partial charge in [-0.2, -0.15) is 5.26 Å². The Balaban J connectivity index is 1.48. The van der Waals surface area contributed by atoms with Crippen molar-refractivity contribution in [1.29, 1.82) is 5.26 Å². The molecule has 4 aromatic rings. The third-order valence-corrected chi connectivity index (χ3v) is 6.56. The number of methoxy groups -OCH3 is 1. The number of nitrogens with zero attached hydrogens (tertiary/aromatic N) is 1. The average molecular weight is 523 g/mol. The molecule has 0 fully saturated rings. The number of nitriles is 1. The normalized spacial score (nSPS) is 14.3. The first kappa shape index (κ1) is 25.5. The van der Waals surface area contributed by atoms with Crippen molar-refractivity contribution in [2.45, 2.75) is 19.8 Å². The number of furan rings is 1. The van der Waals surface area contributed by atoms with Crippen LogP contribution in [0.3, 0.4) is 0 Å². The molecule has 0 radical (unpaired) electrons. The highest BCUT2D eigenvalue weighted by molar-refractivity contribution is 5.97. The van der Waals surface area contributed by atoms with E-state index in [1.807, 2.05) is 38.1 Å². The summed E-state index contributed by atoms with van der Waals surface area (Å²) >= 11 is 0.